The van der Waals surface area contributed by atoms with Gasteiger partial charge in [-0.1, -0.05) is 20.8 Å². The van der Waals surface area contributed by atoms with E-state index in [0.717, 1.165) is 6.42 Å². The molecule has 1 heterocycles. The summed E-state index contributed by atoms with van der Waals surface area (Å²) in [7, 11) is 0. The van der Waals surface area contributed by atoms with Gasteiger partial charge in [-0.3, -0.25) is 0 Å². The first-order valence-corrected chi connectivity index (χ1v) is 10.7. The summed E-state index contributed by atoms with van der Waals surface area (Å²) in [6.07, 6.45) is 0.616. The smallest absolute Gasteiger partial charge is 0.410 e. The van der Waals surface area contributed by atoms with Crippen molar-refractivity contribution in [3.8, 4) is 0 Å². The van der Waals surface area contributed by atoms with Crippen LogP contribution in [-0.2, 0) is 9.47 Å². The zero-order valence-electron chi connectivity index (χ0n) is 18.0. The van der Waals surface area contributed by atoms with Crippen molar-refractivity contribution in [1.82, 2.24) is 9.88 Å². The average Bonchev–Trinajstić information content (AvgIpc) is 3.05. The lowest BCUT2D eigenvalue weighted by Crippen LogP contribution is -2.47. The molecule has 8 heteroatoms. The topological polar surface area (TPSA) is 89.0 Å². The monoisotopic (exact) mass is 414 g/mol. The Labute approximate surface area is 172 Å². The molecule has 0 aliphatic carbocycles. The maximum Gasteiger partial charge on any atom is 0.410 e. The highest BCUT2D eigenvalue weighted by Gasteiger charge is 2.33. The summed E-state index contributed by atoms with van der Waals surface area (Å²) in [6.45, 7) is 14.6. The second-order valence-corrected chi connectivity index (χ2v) is 8.93. The van der Waals surface area contributed by atoms with Crippen molar-refractivity contribution >= 4 is 23.4 Å². The first kappa shape index (κ1) is 24.4. The van der Waals surface area contributed by atoms with Gasteiger partial charge in [0, 0.05) is 31.0 Å². The fraction of sp³-hybridized carbons (Fsp3) is 0.750. The van der Waals surface area contributed by atoms with Gasteiger partial charge >= 0.3 is 12.1 Å². The van der Waals surface area contributed by atoms with Gasteiger partial charge < -0.3 is 19.5 Å². The van der Waals surface area contributed by atoms with E-state index in [9.17, 15) is 9.59 Å². The molecule has 0 spiro atoms. The predicted octanol–water partition coefficient (Wildman–Crippen LogP) is 4.98. The number of hydrogen-bond donors (Lipinski definition) is 1. The van der Waals surface area contributed by atoms with Gasteiger partial charge in [-0.05, 0) is 40.0 Å². The molecule has 0 fully saturated rings. The van der Waals surface area contributed by atoms with Gasteiger partial charge in [0.05, 0.1) is 0 Å². The molecule has 1 aromatic rings. The molecule has 1 N–H and O–H groups in total. The molecule has 0 unspecified atom stereocenters. The Hall–Kier alpha value is -1.67. The molecule has 0 aromatic carbocycles. The number of amides is 1. The highest BCUT2D eigenvalue weighted by Crippen LogP contribution is 2.31. The first-order valence-electron chi connectivity index (χ1n) is 9.80. The second-order valence-electron chi connectivity index (χ2n) is 8.04. The molecule has 1 aromatic heterocycles. The Morgan fingerprint density at radius 2 is 1.93 bits per heavy atom. The molecule has 0 aliphatic rings. The van der Waals surface area contributed by atoms with E-state index in [1.165, 1.54) is 16.7 Å². The lowest BCUT2D eigenvalue weighted by Gasteiger charge is -2.37. The lowest BCUT2D eigenvalue weighted by atomic mass is 9.96. The van der Waals surface area contributed by atoms with Gasteiger partial charge in [-0.15, -0.1) is 11.3 Å². The van der Waals surface area contributed by atoms with Crippen LogP contribution in [0.15, 0.2) is 5.38 Å². The van der Waals surface area contributed by atoms with E-state index in [2.05, 4.69) is 18.8 Å². The Kier molecular flexibility index (Phi) is 9.36. The highest BCUT2D eigenvalue weighted by molar-refractivity contribution is 7.09. The zero-order chi connectivity index (χ0) is 21.5. The van der Waals surface area contributed by atoms with Crippen LogP contribution in [0.5, 0.6) is 0 Å². The third-order valence-electron chi connectivity index (χ3n) is 4.10. The van der Waals surface area contributed by atoms with Crippen molar-refractivity contribution in [1.29, 1.82) is 0 Å². The molecular weight excluding hydrogens is 380 g/mol. The van der Waals surface area contributed by atoms with Crippen molar-refractivity contribution in [2.45, 2.75) is 79.1 Å². The normalized spacial score (nSPS) is 14.0. The minimum atomic E-state index is -1.06. The molecule has 1 rings (SSSR count). The standard InChI is InChI=1S/C20H34N2O5S/c1-8-10-22(19(25)27-20(5,6)7)15(13(3)4)11-16(26-9-2)17-21-14(12-28-17)18(23)24/h12-13,15-16H,8-11H2,1-7H3,(H,23,24)/t15-,16+/m0/s1. The fourth-order valence-electron chi connectivity index (χ4n) is 2.91. The summed E-state index contributed by atoms with van der Waals surface area (Å²) in [6, 6.07) is -0.122. The summed E-state index contributed by atoms with van der Waals surface area (Å²) in [5.74, 6) is -0.888. The number of carbonyl (C=O) groups excluding carboxylic acids is 1. The summed E-state index contributed by atoms with van der Waals surface area (Å²) in [4.78, 5) is 30.0. The third-order valence-corrected chi connectivity index (χ3v) is 5.04. The van der Waals surface area contributed by atoms with Crippen LogP contribution in [0.4, 0.5) is 4.79 Å². The highest BCUT2D eigenvalue weighted by atomic mass is 32.1. The van der Waals surface area contributed by atoms with Crippen molar-refractivity contribution < 1.29 is 24.2 Å². The molecule has 28 heavy (non-hydrogen) atoms. The van der Waals surface area contributed by atoms with E-state index in [1.54, 1.807) is 4.90 Å². The van der Waals surface area contributed by atoms with Crippen molar-refractivity contribution in [2.75, 3.05) is 13.2 Å². The number of carboxylic acids is 1. The van der Waals surface area contributed by atoms with E-state index in [0.29, 0.717) is 24.6 Å². The van der Waals surface area contributed by atoms with E-state index in [1.807, 2.05) is 34.6 Å². The Balaban J connectivity index is 3.12. The molecule has 160 valence electrons. The Morgan fingerprint density at radius 3 is 2.36 bits per heavy atom. The van der Waals surface area contributed by atoms with Crippen LogP contribution in [0.25, 0.3) is 0 Å². The summed E-state index contributed by atoms with van der Waals surface area (Å²) < 4.78 is 11.5. The number of carbonyl (C=O) groups is 2. The van der Waals surface area contributed by atoms with Crippen LogP contribution in [0.3, 0.4) is 0 Å². The van der Waals surface area contributed by atoms with Gasteiger partial charge in [0.1, 0.15) is 16.7 Å². The van der Waals surface area contributed by atoms with E-state index < -0.39 is 11.6 Å². The molecule has 0 aliphatic heterocycles. The first-order chi connectivity index (χ1) is 13.0. The van der Waals surface area contributed by atoms with Crippen LogP contribution in [-0.4, -0.2) is 51.8 Å². The number of nitrogens with zero attached hydrogens (tertiary/aromatic N) is 2. The number of aromatic nitrogens is 1. The van der Waals surface area contributed by atoms with Gasteiger partial charge in [0.25, 0.3) is 0 Å². The number of ether oxygens (including phenoxy) is 2. The quantitative estimate of drug-likeness (QED) is 0.581. The Morgan fingerprint density at radius 1 is 1.29 bits per heavy atom. The maximum atomic E-state index is 12.8. The second kappa shape index (κ2) is 10.8. The predicted molar refractivity (Wildman–Crippen MR) is 110 cm³/mol. The van der Waals surface area contributed by atoms with Crippen LogP contribution in [0.2, 0.25) is 0 Å². The van der Waals surface area contributed by atoms with Crippen molar-refractivity contribution in [3.63, 3.8) is 0 Å². The van der Waals surface area contributed by atoms with Gasteiger partial charge in [-0.25, -0.2) is 14.6 Å². The van der Waals surface area contributed by atoms with Crippen LogP contribution >= 0.6 is 11.3 Å². The SMILES string of the molecule is CCCN(C(=O)OC(C)(C)C)[C@@H](C[C@@H](OCC)c1nc(C(=O)O)cs1)C(C)C. The van der Waals surface area contributed by atoms with Crippen molar-refractivity contribution in [3.05, 3.63) is 16.1 Å². The molecule has 0 bridgehead atoms. The number of aromatic carboxylic acids is 1. The number of hydrogen-bond acceptors (Lipinski definition) is 6. The van der Waals surface area contributed by atoms with E-state index >= 15 is 0 Å². The molecule has 2 atom stereocenters. The van der Waals surface area contributed by atoms with Crippen LogP contribution < -0.4 is 0 Å². The minimum Gasteiger partial charge on any atom is -0.476 e. The molecule has 0 saturated carbocycles. The molecular formula is C20H34N2O5S. The molecule has 7 nitrogen and oxygen atoms in total. The Bertz CT molecular complexity index is 639. The van der Waals surface area contributed by atoms with Crippen molar-refractivity contribution in [2.24, 2.45) is 5.92 Å². The van der Waals surface area contributed by atoms with Gasteiger partial charge in [-0.2, -0.15) is 0 Å². The average molecular weight is 415 g/mol. The molecule has 1 amide bonds. The number of rotatable bonds is 10. The van der Waals surface area contributed by atoms with Gasteiger partial charge in [0.15, 0.2) is 5.69 Å². The molecule has 0 saturated heterocycles. The van der Waals surface area contributed by atoms with Crippen LogP contribution in [0.1, 0.15) is 82.9 Å². The lowest BCUT2D eigenvalue weighted by molar-refractivity contribution is -0.00778. The minimum absolute atomic E-state index is 0.0170. The van der Waals surface area contributed by atoms with Gasteiger partial charge in [0.2, 0.25) is 0 Å². The summed E-state index contributed by atoms with van der Waals surface area (Å²) in [5, 5.41) is 11.3. The maximum absolute atomic E-state index is 12.8. The summed E-state index contributed by atoms with van der Waals surface area (Å²) in [5.41, 5.74) is -0.557. The molecule has 0 radical (unpaired) electrons. The van der Waals surface area contributed by atoms with E-state index in [-0.39, 0.29) is 29.9 Å². The van der Waals surface area contributed by atoms with E-state index in [4.69, 9.17) is 14.6 Å². The number of thiazole rings is 1. The third kappa shape index (κ3) is 7.39. The summed E-state index contributed by atoms with van der Waals surface area (Å²) >= 11 is 1.27. The zero-order valence-corrected chi connectivity index (χ0v) is 18.8. The largest absolute Gasteiger partial charge is 0.476 e. The van der Waals surface area contributed by atoms with Crippen LogP contribution in [0, 0.1) is 5.92 Å². The number of carboxylic acid groups (broad SMARTS) is 1. The fourth-order valence-corrected chi connectivity index (χ4v) is 3.76.